The van der Waals surface area contributed by atoms with Crippen LogP contribution in [0.3, 0.4) is 0 Å². The van der Waals surface area contributed by atoms with Gasteiger partial charge in [-0.15, -0.1) is 0 Å². The molecular formula is C15H28N2O3. The first-order chi connectivity index (χ1) is 9.41. The molecule has 1 aliphatic carbocycles. The van der Waals surface area contributed by atoms with Crippen LogP contribution in [0.25, 0.3) is 0 Å². The highest BCUT2D eigenvalue weighted by Gasteiger charge is 2.26. The third-order valence-electron chi connectivity index (χ3n) is 4.20. The first-order valence-electron chi connectivity index (χ1n) is 7.65. The Bertz CT molecular complexity index is 325. The summed E-state index contributed by atoms with van der Waals surface area (Å²) in [7, 11) is 0. The lowest BCUT2D eigenvalue weighted by molar-refractivity contribution is -0.137. The van der Waals surface area contributed by atoms with Crippen molar-refractivity contribution in [1.29, 1.82) is 0 Å². The van der Waals surface area contributed by atoms with Gasteiger partial charge in [-0.1, -0.05) is 33.1 Å². The minimum atomic E-state index is -0.786. The van der Waals surface area contributed by atoms with Crippen LogP contribution < -0.4 is 10.6 Å². The standard InChI is InChI=1S/C15H28N2O3/c1-12(6-7-13(18)19)10-16-14(20)17-11-15(2)8-4-3-5-9-15/h12H,3-11H2,1-2H3,(H,18,19)(H2,16,17,20). The number of rotatable bonds is 7. The predicted octanol–water partition coefficient (Wildman–Crippen LogP) is 2.76. The molecule has 3 N–H and O–H groups in total. The van der Waals surface area contributed by atoms with Crippen molar-refractivity contribution in [2.24, 2.45) is 11.3 Å². The molecule has 1 atom stereocenters. The Morgan fingerprint density at radius 2 is 1.85 bits per heavy atom. The maximum absolute atomic E-state index is 11.7. The minimum Gasteiger partial charge on any atom is -0.481 e. The second-order valence-electron chi connectivity index (χ2n) is 6.47. The molecule has 20 heavy (non-hydrogen) atoms. The first kappa shape index (κ1) is 16.8. The summed E-state index contributed by atoms with van der Waals surface area (Å²) in [6.07, 6.45) is 6.93. The van der Waals surface area contributed by atoms with E-state index in [1.54, 1.807) is 0 Å². The second-order valence-corrected chi connectivity index (χ2v) is 6.47. The Kier molecular flexibility index (Phi) is 6.82. The van der Waals surface area contributed by atoms with Gasteiger partial charge in [0.2, 0.25) is 0 Å². The van der Waals surface area contributed by atoms with Crippen molar-refractivity contribution >= 4 is 12.0 Å². The predicted molar refractivity (Wildman–Crippen MR) is 78.6 cm³/mol. The molecule has 1 rings (SSSR count). The maximum Gasteiger partial charge on any atom is 0.314 e. The van der Waals surface area contributed by atoms with Crippen LogP contribution in [0, 0.1) is 11.3 Å². The normalized spacial score (nSPS) is 19.1. The summed E-state index contributed by atoms with van der Waals surface area (Å²) in [5.41, 5.74) is 0.241. The van der Waals surface area contributed by atoms with E-state index in [9.17, 15) is 9.59 Å². The zero-order valence-electron chi connectivity index (χ0n) is 12.7. The van der Waals surface area contributed by atoms with Gasteiger partial charge in [-0.25, -0.2) is 4.79 Å². The van der Waals surface area contributed by atoms with Crippen molar-refractivity contribution in [1.82, 2.24) is 10.6 Å². The van der Waals surface area contributed by atoms with Gasteiger partial charge in [0.25, 0.3) is 0 Å². The van der Waals surface area contributed by atoms with Gasteiger partial charge in [-0.05, 0) is 30.6 Å². The summed E-state index contributed by atoms with van der Waals surface area (Å²) in [4.78, 5) is 22.2. The van der Waals surface area contributed by atoms with Gasteiger partial charge in [-0.2, -0.15) is 0 Å². The van der Waals surface area contributed by atoms with E-state index in [1.807, 2.05) is 6.92 Å². The quantitative estimate of drug-likeness (QED) is 0.672. The third kappa shape index (κ3) is 6.78. The first-order valence-corrected chi connectivity index (χ1v) is 7.65. The van der Waals surface area contributed by atoms with E-state index >= 15 is 0 Å². The molecule has 0 aliphatic heterocycles. The Hall–Kier alpha value is -1.26. The van der Waals surface area contributed by atoms with Gasteiger partial charge in [0.1, 0.15) is 0 Å². The smallest absolute Gasteiger partial charge is 0.314 e. The number of amides is 2. The van der Waals surface area contributed by atoms with Crippen molar-refractivity contribution in [3.05, 3.63) is 0 Å². The van der Waals surface area contributed by atoms with Crippen LogP contribution >= 0.6 is 0 Å². The molecule has 0 spiro atoms. The molecule has 1 aliphatic rings. The van der Waals surface area contributed by atoms with Crippen LogP contribution in [0.1, 0.15) is 58.8 Å². The van der Waals surface area contributed by atoms with Crippen molar-refractivity contribution in [3.8, 4) is 0 Å². The van der Waals surface area contributed by atoms with Gasteiger partial charge in [0, 0.05) is 19.5 Å². The molecule has 0 aromatic carbocycles. The van der Waals surface area contributed by atoms with Crippen LogP contribution in [0.2, 0.25) is 0 Å². The molecule has 5 heteroatoms. The third-order valence-corrected chi connectivity index (χ3v) is 4.20. The monoisotopic (exact) mass is 284 g/mol. The number of carboxylic acid groups (broad SMARTS) is 1. The van der Waals surface area contributed by atoms with Gasteiger partial charge in [-0.3, -0.25) is 4.79 Å². The van der Waals surface area contributed by atoms with Crippen LogP contribution in [0.4, 0.5) is 4.79 Å². The maximum atomic E-state index is 11.7. The topological polar surface area (TPSA) is 78.4 Å². The highest BCUT2D eigenvalue weighted by molar-refractivity contribution is 5.73. The summed E-state index contributed by atoms with van der Waals surface area (Å²) in [6, 6.07) is -0.140. The summed E-state index contributed by atoms with van der Waals surface area (Å²) in [5.74, 6) is -0.603. The average molecular weight is 284 g/mol. The molecule has 2 amide bonds. The summed E-state index contributed by atoms with van der Waals surface area (Å²) in [6.45, 7) is 5.44. The second kappa shape index (κ2) is 8.12. The summed E-state index contributed by atoms with van der Waals surface area (Å²) < 4.78 is 0. The summed E-state index contributed by atoms with van der Waals surface area (Å²) >= 11 is 0. The van der Waals surface area contributed by atoms with Crippen molar-refractivity contribution in [3.63, 3.8) is 0 Å². The van der Waals surface area contributed by atoms with Crippen LogP contribution in [0.5, 0.6) is 0 Å². The molecule has 1 unspecified atom stereocenters. The molecule has 0 aromatic heterocycles. The van der Waals surface area contributed by atoms with E-state index in [0.29, 0.717) is 13.0 Å². The fraction of sp³-hybridized carbons (Fsp3) is 0.867. The zero-order valence-corrected chi connectivity index (χ0v) is 12.7. The van der Waals surface area contributed by atoms with Crippen LogP contribution in [-0.4, -0.2) is 30.2 Å². The molecule has 1 fully saturated rings. The van der Waals surface area contributed by atoms with E-state index in [-0.39, 0.29) is 23.8 Å². The molecule has 0 bridgehead atoms. The Morgan fingerprint density at radius 3 is 2.45 bits per heavy atom. The number of carbonyl (C=O) groups is 2. The van der Waals surface area contributed by atoms with Crippen LogP contribution in [-0.2, 0) is 4.79 Å². The summed E-state index contributed by atoms with van der Waals surface area (Å²) in [5, 5.41) is 14.4. The largest absolute Gasteiger partial charge is 0.481 e. The highest BCUT2D eigenvalue weighted by Crippen LogP contribution is 2.34. The molecule has 0 saturated heterocycles. The Balaban J connectivity index is 2.15. The fourth-order valence-corrected chi connectivity index (χ4v) is 2.68. The van der Waals surface area contributed by atoms with Gasteiger partial charge in [0.15, 0.2) is 0 Å². The van der Waals surface area contributed by atoms with Crippen molar-refractivity contribution in [2.45, 2.75) is 58.8 Å². The Morgan fingerprint density at radius 1 is 1.20 bits per heavy atom. The fourth-order valence-electron chi connectivity index (χ4n) is 2.68. The number of hydrogen-bond acceptors (Lipinski definition) is 2. The number of hydrogen-bond donors (Lipinski definition) is 3. The van der Waals surface area contributed by atoms with E-state index in [0.717, 1.165) is 6.54 Å². The average Bonchev–Trinajstić information content (AvgIpc) is 2.41. The number of aliphatic carboxylic acids is 1. The highest BCUT2D eigenvalue weighted by atomic mass is 16.4. The zero-order chi connectivity index (χ0) is 15.0. The van der Waals surface area contributed by atoms with Gasteiger partial charge < -0.3 is 15.7 Å². The molecule has 5 nitrogen and oxygen atoms in total. The molecule has 0 aromatic rings. The van der Waals surface area contributed by atoms with E-state index < -0.39 is 5.97 Å². The van der Waals surface area contributed by atoms with E-state index in [4.69, 9.17) is 5.11 Å². The van der Waals surface area contributed by atoms with E-state index in [1.165, 1.54) is 32.1 Å². The van der Waals surface area contributed by atoms with E-state index in [2.05, 4.69) is 17.6 Å². The molecule has 0 heterocycles. The SMILES string of the molecule is CC(CCC(=O)O)CNC(=O)NCC1(C)CCCCC1. The molecule has 0 radical (unpaired) electrons. The van der Waals surface area contributed by atoms with Crippen molar-refractivity contribution < 1.29 is 14.7 Å². The minimum absolute atomic E-state index is 0.140. The lowest BCUT2D eigenvalue weighted by atomic mass is 9.76. The number of carbonyl (C=O) groups excluding carboxylic acids is 1. The number of carboxylic acids is 1. The van der Waals surface area contributed by atoms with Gasteiger partial charge in [0.05, 0.1) is 0 Å². The number of urea groups is 1. The Labute approximate surface area is 121 Å². The van der Waals surface area contributed by atoms with Crippen LogP contribution in [0.15, 0.2) is 0 Å². The van der Waals surface area contributed by atoms with Gasteiger partial charge >= 0.3 is 12.0 Å². The molecule has 1 saturated carbocycles. The lowest BCUT2D eigenvalue weighted by Crippen LogP contribution is -2.43. The molecular weight excluding hydrogens is 256 g/mol. The lowest BCUT2D eigenvalue weighted by Gasteiger charge is -2.33. The molecule has 116 valence electrons. The van der Waals surface area contributed by atoms with Crippen molar-refractivity contribution in [2.75, 3.05) is 13.1 Å². The number of nitrogens with one attached hydrogen (secondary N) is 2.